The molecule has 2 aromatic carbocycles. The number of aromatic nitrogens is 2. The standard InChI is InChI=1S/C34H41N5O2/c40-31(21-25-7-8-25)32(30-23-35-22-29(30)27-5-2-1-3-6-27)37-18-13-34(14-19-37)15-20-38(33(34)41)24-26-9-11-28(12-10-26)39-17-4-16-36-39/h1-6,9-12,16-17,25,29-30,32,35H,7-8,13-15,18-24H2/t29-,30-,32?/m1/s1. The van der Waals surface area contributed by atoms with Crippen LogP contribution >= 0.6 is 0 Å². The van der Waals surface area contributed by atoms with Gasteiger partial charge in [-0.3, -0.25) is 14.5 Å². The smallest absolute Gasteiger partial charge is 0.229 e. The predicted molar refractivity (Wildman–Crippen MR) is 159 cm³/mol. The van der Waals surface area contributed by atoms with Crippen molar-refractivity contribution in [3.8, 4) is 5.69 Å². The summed E-state index contributed by atoms with van der Waals surface area (Å²) in [5, 5.41) is 7.92. The first-order valence-electron chi connectivity index (χ1n) is 15.5. The molecule has 0 bridgehead atoms. The van der Waals surface area contributed by atoms with Gasteiger partial charge in [0.1, 0.15) is 0 Å². The van der Waals surface area contributed by atoms with Crippen LogP contribution < -0.4 is 5.32 Å². The summed E-state index contributed by atoms with van der Waals surface area (Å²) in [5.41, 5.74) is 3.23. The number of hydrogen-bond donors (Lipinski definition) is 1. The van der Waals surface area contributed by atoms with Gasteiger partial charge in [0.25, 0.3) is 0 Å². The minimum atomic E-state index is -0.275. The number of likely N-dealkylation sites (tertiary alicyclic amines) is 2. The number of amides is 1. The zero-order valence-electron chi connectivity index (χ0n) is 23.8. The van der Waals surface area contributed by atoms with Crippen LogP contribution in [0.1, 0.15) is 55.6 Å². The lowest BCUT2D eigenvalue weighted by molar-refractivity contribution is -0.140. The summed E-state index contributed by atoms with van der Waals surface area (Å²) in [6.07, 6.45) is 9.45. The first kappa shape index (κ1) is 26.6. The van der Waals surface area contributed by atoms with Crippen molar-refractivity contribution < 1.29 is 9.59 Å². The molecule has 41 heavy (non-hydrogen) atoms. The Bertz CT molecular complexity index is 1340. The molecule has 3 atom stereocenters. The molecule has 7 rings (SSSR count). The van der Waals surface area contributed by atoms with Gasteiger partial charge in [-0.2, -0.15) is 5.10 Å². The molecule has 3 aliphatic heterocycles. The molecule has 1 N–H and O–H groups in total. The van der Waals surface area contributed by atoms with Crippen LogP contribution in [0.3, 0.4) is 0 Å². The van der Waals surface area contributed by atoms with Crippen molar-refractivity contribution in [3.05, 3.63) is 84.2 Å². The minimum absolute atomic E-state index is 0.0611. The zero-order chi connectivity index (χ0) is 27.8. The number of benzene rings is 2. The van der Waals surface area contributed by atoms with Crippen molar-refractivity contribution in [3.63, 3.8) is 0 Å². The molecule has 1 spiro atoms. The third-order valence-electron chi connectivity index (χ3n) is 10.2. The van der Waals surface area contributed by atoms with Gasteiger partial charge in [-0.05, 0) is 80.4 Å². The summed E-state index contributed by atoms with van der Waals surface area (Å²) in [7, 11) is 0. The van der Waals surface area contributed by atoms with Gasteiger partial charge in [0, 0.05) is 56.8 Å². The van der Waals surface area contributed by atoms with Crippen molar-refractivity contribution in [1.82, 2.24) is 24.9 Å². The van der Waals surface area contributed by atoms with Crippen molar-refractivity contribution in [2.45, 2.75) is 57.0 Å². The van der Waals surface area contributed by atoms with E-state index in [0.717, 1.165) is 69.7 Å². The van der Waals surface area contributed by atoms with Crippen molar-refractivity contribution in [1.29, 1.82) is 0 Å². The lowest BCUT2D eigenvalue weighted by atomic mass is 9.74. The fraction of sp³-hybridized carbons (Fsp3) is 0.500. The topological polar surface area (TPSA) is 70.5 Å². The quantitative estimate of drug-likeness (QED) is 0.426. The van der Waals surface area contributed by atoms with E-state index in [1.807, 2.05) is 16.9 Å². The second-order valence-electron chi connectivity index (χ2n) is 12.8. The molecule has 1 aliphatic carbocycles. The van der Waals surface area contributed by atoms with E-state index in [-0.39, 0.29) is 17.4 Å². The molecule has 3 saturated heterocycles. The predicted octanol–water partition coefficient (Wildman–Crippen LogP) is 4.43. The highest BCUT2D eigenvalue weighted by atomic mass is 16.2. The Kier molecular flexibility index (Phi) is 7.25. The summed E-state index contributed by atoms with van der Waals surface area (Å²) >= 11 is 0. The van der Waals surface area contributed by atoms with E-state index in [2.05, 4.69) is 74.8 Å². The van der Waals surface area contributed by atoms with Crippen molar-refractivity contribution >= 4 is 11.7 Å². The summed E-state index contributed by atoms with van der Waals surface area (Å²) in [6, 6.07) is 20.9. The first-order chi connectivity index (χ1) is 20.1. The molecule has 3 aromatic rings. The lowest BCUT2D eigenvalue weighted by Crippen LogP contribution is -2.54. The average molecular weight is 552 g/mol. The van der Waals surface area contributed by atoms with Crippen LogP contribution in [0.2, 0.25) is 0 Å². The van der Waals surface area contributed by atoms with E-state index in [1.54, 1.807) is 6.20 Å². The largest absolute Gasteiger partial charge is 0.338 e. The van der Waals surface area contributed by atoms with E-state index < -0.39 is 0 Å². The molecular weight excluding hydrogens is 510 g/mol. The molecule has 214 valence electrons. The molecule has 4 fully saturated rings. The number of hydrogen-bond acceptors (Lipinski definition) is 5. The Morgan fingerprint density at radius 3 is 2.41 bits per heavy atom. The van der Waals surface area contributed by atoms with Crippen LogP contribution in [-0.4, -0.2) is 70.0 Å². The third kappa shape index (κ3) is 5.38. The number of ketones is 1. The van der Waals surface area contributed by atoms with Gasteiger partial charge in [-0.25, -0.2) is 4.68 Å². The number of carbonyl (C=O) groups excluding carboxylic acids is 2. The van der Waals surface area contributed by atoms with Crippen molar-refractivity contribution in [2.24, 2.45) is 17.3 Å². The second kappa shape index (κ2) is 11.2. The Morgan fingerprint density at radius 1 is 0.951 bits per heavy atom. The highest BCUT2D eigenvalue weighted by Gasteiger charge is 2.51. The van der Waals surface area contributed by atoms with Gasteiger partial charge in [-0.1, -0.05) is 42.5 Å². The van der Waals surface area contributed by atoms with E-state index in [0.29, 0.717) is 30.1 Å². The Balaban J connectivity index is 1.03. The number of rotatable bonds is 9. The van der Waals surface area contributed by atoms with Crippen LogP contribution in [0.5, 0.6) is 0 Å². The van der Waals surface area contributed by atoms with Crippen LogP contribution in [-0.2, 0) is 16.1 Å². The molecule has 1 amide bonds. The Hall–Kier alpha value is -3.29. The maximum Gasteiger partial charge on any atom is 0.229 e. The normalized spacial score (nSPS) is 25.2. The zero-order valence-corrected chi connectivity index (χ0v) is 23.8. The molecule has 4 aliphatic rings. The van der Waals surface area contributed by atoms with Gasteiger partial charge >= 0.3 is 0 Å². The third-order valence-corrected chi connectivity index (χ3v) is 10.2. The van der Waals surface area contributed by atoms with E-state index in [4.69, 9.17) is 0 Å². The molecule has 0 radical (unpaired) electrons. The van der Waals surface area contributed by atoms with E-state index >= 15 is 0 Å². The number of nitrogens with zero attached hydrogens (tertiary/aromatic N) is 4. The van der Waals surface area contributed by atoms with Gasteiger partial charge in [0.15, 0.2) is 5.78 Å². The number of carbonyl (C=O) groups is 2. The molecule has 1 unspecified atom stereocenters. The molecule has 1 saturated carbocycles. The highest BCUT2D eigenvalue weighted by molar-refractivity contribution is 5.86. The van der Waals surface area contributed by atoms with Crippen LogP contribution in [0.25, 0.3) is 5.69 Å². The summed E-state index contributed by atoms with van der Waals surface area (Å²) in [5.74, 6) is 1.95. The second-order valence-corrected chi connectivity index (χ2v) is 12.8. The molecule has 7 nitrogen and oxygen atoms in total. The first-order valence-corrected chi connectivity index (χ1v) is 15.5. The number of nitrogens with one attached hydrogen (secondary N) is 1. The molecular formula is C34H41N5O2. The Morgan fingerprint density at radius 2 is 1.71 bits per heavy atom. The minimum Gasteiger partial charge on any atom is -0.338 e. The molecule has 7 heteroatoms. The van der Waals surface area contributed by atoms with E-state index in [1.165, 1.54) is 18.4 Å². The summed E-state index contributed by atoms with van der Waals surface area (Å²) in [6.45, 7) is 4.93. The van der Waals surface area contributed by atoms with E-state index in [9.17, 15) is 9.59 Å². The fourth-order valence-electron chi connectivity index (χ4n) is 7.67. The maximum atomic E-state index is 13.8. The van der Waals surface area contributed by atoms with Crippen LogP contribution in [0.4, 0.5) is 0 Å². The number of Topliss-reactive ketones (excluding diaryl/α,β-unsaturated/α-hetero) is 1. The van der Waals surface area contributed by atoms with Gasteiger partial charge < -0.3 is 10.2 Å². The van der Waals surface area contributed by atoms with Gasteiger partial charge in [-0.15, -0.1) is 0 Å². The number of piperidine rings is 1. The summed E-state index contributed by atoms with van der Waals surface area (Å²) in [4.78, 5) is 32.2. The van der Waals surface area contributed by atoms with Gasteiger partial charge in [0.2, 0.25) is 5.91 Å². The maximum absolute atomic E-state index is 13.8. The van der Waals surface area contributed by atoms with Gasteiger partial charge in [0.05, 0.1) is 17.1 Å². The molecule has 1 aromatic heterocycles. The Labute approximate surface area is 242 Å². The highest BCUT2D eigenvalue weighted by Crippen LogP contribution is 2.44. The SMILES string of the molecule is O=C(CC1CC1)C([C@@H]1CNC[C@@H]1c1ccccc1)N1CCC2(CCN(Cc3ccc(-n4cccn4)cc3)C2=O)CC1. The summed E-state index contributed by atoms with van der Waals surface area (Å²) < 4.78 is 1.85. The monoisotopic (exact) mass is 551 g/mol. The average Bonchev–Trinajstić information content (AvgIpc) is 3.36. The van der Waals surface area contributed by atoms with Crippen LogP contribution in [0.15, 0.2) is 73.1 Å². The lowest BCUT2D eigenvalue weighted by Gasteiger charge is -2.44. The molecule has 4 heterocycles. The fourth-order valence-corrected chi connectivity index (χ4v) is 7.67. The van der Waals surface area contributed by atoms with Crippen molar-refractivity contribution in [2.75, 3.05) is 32.7 Å². The van der Waals surface area contributed by atoms with Crippen LogP contribution in [0, 0.1) is 17.3 Å².